The number of carbonyl (C=O) groups excluding carboxylic acids is 2. The summed E-state index contributed by atoms with van der Waals surface area (Å²) in [7, 11) is 0. The molecule has 3 aromatic rings. The predicted molar refractivity (Wildman–Crippen MR) is 145 cm³/mol. The minimum Gasteiger partial charge on any atom is -0.462 e. The lowest BCUT2D eigenvalue weighted by Gasteiger charge is -2.47. The number of nitrogens with zero attached hydrogens (tertiary/aromatic N) is 2. The van der Waals surface area contributed by atoms with Crippen molar-refractivity contribution >= 4 is 24.1 Å². The maximum absolute atomic E-state index is 12.0. The largest absolute Gasteiger partial charge is 0.462 e. The molecule has 0 saturated carbocycles. The van der Waals surface area contributed by atoms with Crippen LogP contribution >= 0.6 is 0 Å². The van der Waals surface area contributed by atoms with Crippen LogP contribution in [-0.4, -0.2) is 34.4 Å². The molecule has 6 nitrogen and oxygen atoms in total. The van der Waals surface area contributed by atoms with Gasteiger partial charge in [0.2, 0.25) is 0 Å². The first kappa shape index (κ1) is 26.4. The number of esters is 2. The molecule has 37 heavy (non-hydrogen) atoms. The van der Waals surface area contributed by atoms with E-state index in [-0.39, 0.29) is 28.9 Å². The third-order valence-electron chi connectivity index (χ3n) is 7.28. The van der Waals surface area contributed by atoms with Gasteiger partial charge in [0.15, 0.2) is 0 Å². The normalized spacial score (nSPS) is 17.8. The molecule has 0 amide bonds. The third-order valence-corrected chi connectivity index (χ3v) is 7.28. The van der Waals surface area contributed by atoms with Crippen molar-refractivity contribution in [1.29, 1.82) is 0 Å². The molecule has 0 spiro atoms. The van der Waals surface area contributed by atoms with Crippen molar-refractivity contribution in [3.63, 3.8) is 0 Å². The lowest BCUT2D eigenvalue weighted by molar-refractivity contribution is -0.151. The molecule has 0 fully saturated rings. The fourth-order valence-corrected chi connectivity index (χ4v) is 5.14. The number of hydrogen-bond donors (Lipinski definition) is 0. The maximum Gasteiger partial charge on any atom is 0.338 e. The maximum atomic E-state index is 12.0. The summed E-state index contributed by atoms with van der Waals surface area (Å²) in [6.07, 6.45) is 8.47. The van der Waals surface area contributed by atoms with E-state index in [1.165, 1.54) is 18.1 Å². The van der Waals surface area contributed by atoms with E-state index in [2.05, 4.69) is 57.1 Å². The molecule has 1 atom stereocenters. The Morgan fingerprint density at radius 2 is 1.81 bits per heavy atom. The number of ether oxygens (including phenoxy) is 2. The number of hydrogen-bond acceptors (Lipinski definition) is 5. The van der Waals surface area contributed by atoms with E-state index in [9.17, 15) is 9.59 Å². The average Bonchev–Trinajstić information content (AvgIpc) is 3.35. The summed E-state index contributed by atoms with van der Waals surface area (Å²) in [6.45, 7) is 13.0. The molecule has 1 aliphatic rings. The topological polar surface area (TPSA) is 70.4 Å². The molecule has 194 valence electrons. The molecule has 2 aromatic carbocycles. The van der Waals surface area contributed by atoms with Crippen LogP contribution in [0.1, 0.15) is 86.1 Å². The number of fused-ring (bicyclic) bond motifs is 1. The Kier molecular flexibility index (Phi) is 7.39. The first-order chi connectivity index (χ1) is 17.5. The van der Waals surface area contributed by atoms with Crippen molar-refractivity contribution in [3.05, 3.63) is 88.2 Å². The highest BCUT2D eigenvalue weighted by Gasteiger charge is 2.46. The van der Waals surface area contributed by atoms with Gasteiger partial charge in [0.1, 0.15) is 6.10 Å². The van der Waals surface area contributed by atoms with Crippen molar-refractivity contribution in [2.45, 2.75) is 71.4 Å². The fourth-order valence-electron chi connectivity index (χ4n) is 5.14. The van der Waals surface area contributed by atoms with E-state index in [0.29, 0.717) is 18.7 Å². The van der Waals surface area contributed by atoms with Crippen LogP contribution in [0.25, 0.3) is 12.2 Å². The molecule has 6 heteroatoms. The van der Waals surface area contributed by atoms with Gasteiger partial charge in [-0.25, -0.2) is 4.79 Å². The number of benzene rings is 2. The second kappa shape index (κ2) is 10.4. The van der Waals surface area contributed by atoms with E-state index in [1.807, 2.05) is 29.1 Å². The van der Waals surface area contributed by atoms with Crippen LogP contribution in [0, 0.1) is 0 Å². The highest BCUT2D eigenvalue weighted by atomic mass is 16.5. The molecular formula is C31H36N2O4. The summed E-state index contributed by atoms with van der Waals surface area (Å²) in [5.41, 5.74) is 5.74. The summed E-state index contributed by atoms with van der Waals surface area (Å²) in [4.78, 5) is 23.9. The van der Waals surface area contributed by atoms with E-state index in [0.717, 1.165) is 23.1 Å². The standard InChI is InChI=1S/C31H36N2O4/c1-7-36-29(35)23-12-9-22(10-13-23)11-14-24-17-26-27(18-25(24)20-33-16-8-15-32-33)31(5,6)28(37-21(2)34)19-30(26,3)4/h8-18,28H,7,19-20H2,1-6H3/b14-11+. The van der Waals surface area contributed by atoms with Crippen LogP contribution in [0.15, 0.2) is 54.9 Å². The van der Waals surface area contributed by atoms with E-state index in [4.69, 9.17) is 9.47 Å². The van der Waals surface area contributed by atoms with Crippen molar-refractivity contribution in [2.24, 2.45) is 0 Å². The van der Waals surface area contributed by atoms with E-state index < -0.39 is 0 Å². The molecule has 0 aliphatic heterocycles. The van der Waals surface area contributed by atoms with Gasteiger partial charge in [0.05, 0.1) is 18.7 Å². The number of aromatic nitrogens is 2. The Labute approximate surface area is 219 Å². The van der Waals surface area contributed by atoms with Crippen molar-refractivity contribution in [2.75, 3.05) is 6.61 Å². The highest BCUT2D eigenvalue weighted by Crippen LogP contribution is 2.48. The summed E-state index contributed by atoms with van der Waals surface area (Å²) < 4.78 is 12.8. The first-order valence-corrected chi connectivity index (χ1v) is 12.8. The van der Waals surface area contributed by atoms with Gasteiger partial charge in [-0.1, -0.05) is 64.1 Å². The van der Waals surface area contributed by atoms with E-state index in [1.54, 1.807) is 25.3 Å². The van der Waals surface area contributed by atoms with Gasteiger partial charge in [0, 0.05) is 24.7 Å². The molecule has 1 heterocycles. The Balaban J connectivity index is 1.76. The summed E-state index contributed by atoms with van der Waals surface area (Å²) in [6, 6.07) is 13.9. The first-order valence-electron chi connectivity index (χ1n) is 12.8. The Hall–Kier alpha value is -3.67. The second-order valence-electron chi connectivity index (χ2n) is 10.9. The summed E-state index contributed by atoms with van der Waals surface area (Å²) in [5, 5.41) is 4.42. The molecule has 1 aromatic heterocycles. The van der Waals surface area contributed by atoms with E-state index >= 15 is 0 Å². The predicted octanol–water partition coefficient (Wildman–Crippen LogP) is 6.17. The summed E-state index contributed by atoms with van der Waals surface area (Å²) >= 11 is 0. The summed E-state index contributed by atoms with van der Waals surface area (Å²) in [5.74, 6) is -0.561. The van der Waals surface area contributed by atoms with Crippen LogP contribution in [0.4, 0.5) is 0 Å². The van der Waals surface area contributed by atoms with Gasteiger partial charge in [-0.15, -0.1) is 0 Å². The van der Waals surface area contributed by atoms with Gasteiger partial charge < -0.3 is 9.47 Å². The fraction of sp³-hybridized carbons (Fsp3) is 0.387. The molecule has 0 N–H and O–H groups in total. The minimum absolute atomic E-state index is 0.168. The van der Waals surface area contributed by atoms with Crippen LogP contribution in [0.3, 0.4) is 0 Å². The second-order valence-corrected chi connectivity index (χ2v) is 10.9. The Morgan fingerprint density at radius 3 is 2.43 bits per heavy atom. The molecule has 0 radical (unpaired) electrons. The molecule has 4 rings (SSSR count). The monoisotopic (exact) mass is 500 g/mol. The lowest BCUT2D eigenvalue weighted by Crippen LogP contribution is -2.47. The van der Waals surface area contributed by atoms with Crippen molar-refractivity contribution in [3.8, 4) is 0 Å². The third kappa shape index (κ3) is 5.68. The number of rotatable bonds is 7. The van der Waals surface area contributed by atoms with Crippen LogP contribution in [0.2, 0.25) is 0 Å². The minimum atomic E-state index is -0.333. The van der Waals surface area contributed by atoms with Crippen LogP contribution < -0.4 is 0 Å². The SMILES string of the molecule is CCOC(=O)c1ccc(/C=C/c2cc3c(cc2Cn2cccn2)C(C)(C)C(OC(C)=O)CC3(C)C)cc1. The zero-order valence-electron chi connectivity index (χ0n) is 22.6. The smallest absolute Gasteiger partial charge is 0.338 e. The lowest BCUT2D eigenvalue weighted by atomic mass is 9.61. The van der Waals surface area contributed by atoms with Crippen LogP contribution in [0.5, 0.6) is 0 Å². The zero-order valence-corrected chi connectivity index (χ0v) is 22.6. The van der Waals surface area contributed by atoms with Crippen LogP contribution in [-0.2, 0) is 31.6 Å². The molecule has 1 unspecified atom stereocenters. The molecule has 0 saturated heterocycles. The average molecular weight is 501 g/mol. The number of carbonyl (C=O) groups is 2. The molecule has 0 bridgehead atoms. The van der Waals surface area contributed by atoms with Gasteiger partial charge >= 0.3 is 11.9 Å². The van der Waals surface area contributed by atoms with Gasteiger partial charge in [-0.05, 0) is 64.8 Å². The highest BCUT2D eigenvalue weighted by molar-refractivity contribution is 5.89. The van der Waals surface area contributed by atoms with Gasteiger partial charge in [0.25, 0.3) is 0 Å². The van der Waals surface area contributed by atoms with Crippen molar-refractivity contribution < 1.29 is 19.1 Å². The zero-order chi connectivity index (χ0) is 26.8. The molecular weight excluding hydrogens is 464 g/mol. The molecule has 1 aliphatic carbocycles. The quantitative estimate of drug-likeness (QED) is 0.287. The Morgan fingerprint density at radius 1 is 1.08 bits per heavy atom. The van der Waals surface area contributed by atoms with Gasteiger partial charge in [-0.3, -0.25) is 9.48 Å². The Bertz CT molecular complexity index is 1300. The van der Waals surface area contributed by atoms with Crippen molar-refractivity contribution in [1.82, 2.24) is 9.78 Å². The van der Waals surface area contributed by atoms with Gasteiger partial charge in [-0.2, -0.15) is 5.10 Å².